The minimum absolute atomic E-state index is 0.0313. The zero-order chi connectivity index (χ0) is 26.0. The number of nitrogens with zero attached hydrogens (tertiary/aromatic N) is 1. The topological polar surface area (TPSA) is 97.0 Å². The molecule has 0 saturated carbocycles. The summed E-state index contributed by atoms with van der Waals surface area (Å²) in [5.74, 6) is -0.305. The van der Waals surface area contributed by atoms with E-state index < -0.39 is 6.04 Å². The molecule has 8 nitrogen and oxygen atoms in total. The van der Waals surface area contributed by atoms with Crippen molar-refractivity contribution in [2.24, 2.45) is 0 Å². The fraction of sp³-hybridized carbons (Fsp3) is 0.321. The van der Waals surface area contributed by atoms with Crippen molar-refractivity contribution < 1.29 is 23.9 Å². The van der Waals surface area contributed by atoms with E-state index in [9.17, 15) is 14.4 Å². The first kappa shape index (κ1) is 26.4. The lowest BCUT2D eigenvalue weighted by atomic mass is 10.0. The molecule has 0 radical (unpaired) electrons. The number of hydrogen-bond donors (Lipinski definition) is 2. The number of rotatable bonds is 11. The third kappa shape index (κ3) is 7.18. The minimum atomic E-state index is -0.893. The van der Waals surface area contributed by atoms with Gasteiger partial charge in [-0.15, -0.1) is 11.3 Å². The lowest BCUT2D eigenvalue weighted by molar-refractivity contribution is -0.141. The Morgan fingerprint density at radius 1 is 1.05 bits per heavy atom. The Hall–Kier alpha value is -3.69. The molecule has 0 aliphatic carbocycles. The van der Waals surface area contributed by atoms with Crippen LogP contribution in [0.25, 0.3) is 0 Å². The van der Waals surface area contributed by atoms with Gasteiger partial charge in [0.25, 0.3) is 5.91 Å². The molecule has 9 heteroatoms. The average Bonchev–Trinajstić information content (AvgIpc) is 3.66. The SMILES string of the molecule is COc1ccc(CN(C(=O)CNC(=O)c2cccs2)[C@@H](C(=O)NC[C@@H]2CCCO2)c2ccccc2)cc1. The molecule has 1 saturated heterocycles. The van der Waals surface area contributed by atoms with Gasteiger partial charge in [0, 0.05) is 19.7 Å². The molecule has 1 fully saturated rings. The predicted molar refractivity (Wildman–Crippen MR) is 141 cm³/mol. The van der Waals surface area contributed by atoms with E-state index in [2.05, 4.69) is 10.6 Å². The number of carbonyl (C=O) groups is 3. The summed E-state index contributed by atoms with van der Waals surface area (Å²) >= 11 is 1.30. The third-order valence-electron chi connectivity index (χ3n) is 6.18. The normalized spacial score (nSPS) is 15.5. The van der Waals surface area contributed by atoms with Crippen molar-refractivity contribution in [3.63, 3.8) is 0 Å². The quantitative estimate of drug-likeness (QED) is 0.402. The van der Waals surface area contributed by atoms with E-state index in [1.165, 1.54) is 16.2 Å². The molecule has 3 aromatic rings. The second-order valence-electron chi connectivity index (χ2n) is 8.72. The van der Waals surface area contributed by atoms with Crippen LogP contribution in [0.4, 0.5) is 0 Å². The van der Waals surface area contributed by atoms with E-state index in [-0.39, 0.29) is 36.9 Å². The highest BCUT2D eigenvalue weighted by molar-refractivity contribution is 7.12. The van der Waals surface area contributed by atoms with Crippen LogP contribution >= 0.6 is 11.3 Å². The smallest absolute Gasteiger partial charge is 0.261 e. The number of benzene rings is 2. The molecule has 1 aliphatic heterocycles. The molecule has 37 heavy (non-hydrogen) atoms. The van der Waals surface area contributed by atoms with Crippen LogP contribution in [0.2, 0.25) is 0 Å². The van der Waals surface area contributed by atoms with Crippen molar-refractivity contribution in [3.05, 3.63) is 88.1 Å². The van der Waals surface area contributed by atoms with E-state index in [0.29, 0.717) is 29.3 Å². The van der Waals surface area contributed by atoms with E-state index in [1.807, 2.05) is 54.6 Å². The molecule has 0 spiro atoms. The Labute approximate surface area is 220 Å². The fourth-order valence-electron chi connectivity index (χ4n) is 4.23. The Morgan fingerprint density at radius 3 is 2.49 bits per heavy atom. The van der Waals surface area contributed by atoms with Crippen LogP contribution in [0.15, 0.2) is 72.1 Å². The van der Waals surface area contributed by atoms with Gasteiger partial charge in [0.2, 0.25) is 11.8 Å². The van der Waals surface area contributed by atoms with Gasteiger partial charge in [-0.25, -0.2) is 0 Å². The maximum atomic E-state index is 13.6. The first-order chi connectivity index (χ1) is 18.0. The van der Waals surface area contributed by atoms with Crippen LogP contribution in [-0.2, 0) is 20.9 Å². The first-order valence-electron chi connectivity index (χ1n) is 12.2. The summed E-state index contributed by atoms with van der Waals surface area (Å²) in [5, 5.41) is 7.49. The molecular weight excluding hydrogens is 490 g/mol. The van der Waals surface area contributed by atoms with Gasteiger partial charge in [0.15, 0.2) is 0 Å². The number of thiophene rings is 1. The summed E-state index contributed by atoms with van der Waals surface area (Å²) in [6.45, 7) is 0.996. The van der Waals surface area contributed by atoms with Crippen molar-refractivity contribution in [2.45, 2.75) is 31.5 Å². The van der Waals surface area contributed by atoms with Gasteiger partial charge in [0.1, 0.15) is 11.8 Å². The summed E-state index contributed by atoms with van der Waals surface area (Å²) in [6.07, 6.45) is 1.82. The number of amides is 3. The molecule has 1 aliphatic rings. The standard InChI is InChI=1S/C28H31N3O5S/c1-35-22-13-11-20(12-14-22)19-31(25(32)18-30-27(33)24-10-6-16-37-24)26(21-7-3-2-4-8-21)28(34)29-17-23-9-5-15-36-23/h2-4,6-8,10-14,16,23,26H,5,9,15,17-19H2,1H3,(H,29,34)(H,30,33)/t23-,26+/m0/s1. The van der Waals surface area contributed by atoms with E-state index in [0.717, 1.165) is 18.4 Å². The Bertz CT molecular complexity index is 1160. The average molecular weight is 522 g/mol. The van der Waals surface area contributed by atoms with E-state index >= 15 is 0 Å². The number of nitrogens with one attached hydrogen (secondary N) is 2. The Morgan fingerprint density at radius 2 is 1.84 bits per heavy atom. The summed E-state index contributed by atoms with van der Waals surface area (Å²) in [4.78, 5) is 41.7. The largest absolute Gasteiger partial charge is 0.497 e. The molecule has 4 rings (SSSR count). The monoisotopic (exact) mass is 521 g/mol. The zero-order valence-electron chi connectivity index (χ0n) is 20.7. The second kappa shape index (κ2) is 13.0. The number of ether oxygens (including phenoxy) is 2. The minimum Gasteiger partial charge on any atom is -0.497 e. The van der Waals surface area contributed by atoms with E-state index in [1.54, 1.807) is 24.6 Å². The van der Waals surface area contributed by atoms with Gasteiger partial charge < -0.3 is 25.0 Å². The third-order valence-corrected chi connectivity index (χ3v) is 7.05. The molecule has 2 atom stereocenters. The number of methoxy groups -OCH3 is 1. The molecule has 2 N–H and O–H groups in total. The molecular formula is C28H31N3O5S. The van der Waals surface area contributed by atoms with Crippen LogP contribution in [0.5, 0.6) is 5.75 Å². The van der Waals surface area contributed by atoms with Crippen LogP contribution in [-0.4, -0.2) is 55.5 Å². The molecule has 0 bridgehead atoms. The lowest BCUT2D eigenvalue weighted by Crippen LogP contribution is -2.47. The molecule has 0 unspecified atom stereocenters. The van der Waals surface area contributed by atoms with Gasteiger partial charge in [-0.1, -0.05) is 48.5 Å². The molecule has 2 aromatic carbocycles. The van der Waals surface area contributed by atoms with Gasteiger partial charge in [-0.3, -0.25) is 14.4 Å². The number of hydrogen-bond acceptors (Lipinski definition) is 6. The van der Waals surface area contributed by atoms with E-state index in [4.69, 9.17) is 9.47 Å². The van der Waals surface area contributed by atoms with Gasteiger partial charge in [-0.05, 0) is 47.5 Å². The molecule has 1 aromatic heterocycles. The fourth-order valence-corrected chi connectivity index (χ4v) is 4.87. The van der Waals surface area contributed by atoms with Crippen LogP contribution in [0.3, 0.4) is 0 Å². The predicted octanol–water partition coefficient (Wildman–Crippen LogP) is 3.55. The number of carbonyl (C=O) groups excluding carboxylic acids is 3. The maximum absolute atomic E-state index is 13.6. The highest BCUT2D eigenvalue weighted by atomic mass is 32.1. The van der Waals surface area contributed by atoms with Crippen LogP contribution in [0, 0.1) is 0 Å². The summed E-state index contributed by atoms with van der Waals surface area (Å²) in [6, 6.07) is 19.1. The van der Waals surface area contributed by atoms with Gasteiger partial charge in [-0.2, -0.15) is 0 Å². The highest BCUT2D eigenvalue weighted by Crippen LogP contribution is 2.25. The van der Waals surface area contributed by atoms with Crippen molar-refractivity contribution in [1.82, 2.24) is 15.5 Å². The van der Waals surface area contributed by atoms with Crippen LogP contribution in [0.1, 0.15) is 39.7 Å². The summed E-state index contributed by atoms with van der Waals surface area (Å²) < 4.78 is 10.9. The highest BCUT2D eigenvalue weighted by Gasteiger charge is 2.32. The lowest BCUT2D eigenvalue weighted by Gasteiger charge is -2.32. The zero-order valence-corrected chi connectivity index (χ0v) is 21.5. The molecule has 194 valence electrons. The molecule has 3 amide bonds. The Kier molecular flexibility index (Phi) is 9.29. The van der Waals surface area contributed by atoms with Crippen molar-refractivity contribution in [2.75, 3.05) is 26.8 Å². The summed E-state index contributed by atoms with van der Waals surface area (Å²) in [7, 11) is 1.59. The van der Waals surface area contributed by atoms with Crippen molar-refractivity contribution in [3.8, 4) is 5.75 Å². The summed E-state index contributed by atoms with van der Waals surface area (Å²) in [5.41, 5.74) is 1.50. The molecule has 2 heterocycles. The second-order valence-corrected chi connectivity index (χ2v) is 9.67. The van der Waals surface area contributed by atoms with Crippen molar-refractivity contribution >= 4 is 29.1 Å². The van der Waals surface area contributed by atoms with Gasteiger partial charge >= 0.3 is 0 Å². The van der Waals surface area contributed by atoms with Crippen molar-refractivity contribution in [1.29, 1.82) is 0 Å². The maximum Gasteiger partial charge on any atom is 0.261 e. The van der Waals surface area contributed by atoms with Crippen LogP contribution < -0.4 is 15.4 Å². The van der Waals surface area contributed by atoms with Gasteiger partial charge in [0.05, 0.1) is 24.6 Å². The first-order valence-corrected chi connectivity index (χ1v) is 13.1. The Balaban J connectivity index is 1.59.